The number of hydrogen-bond acceptors (Lipinski definition) is 2. The summed E-state index contributed by atoms with van der Waals surface area (Å²) in [5.41, 5.74) is 3.61. The monoisotopic (exact) mass is 212 g/mol. The van der Waals surface area contributed by atoms with E-state index in [4.69, 9.17) is 0 Å². The van der Waals surface area contributed by atoms with Gasteiger partial charge in [-0.05, 0) is 25.2 Å². The van der Waals surface area contributed by atoms with Gasteiger partial charge in [-0.25, -0.2) is 5.01 Å². The van der Waals surface area contributed by atoms with E-state index in [1.807, 2.05) is 0 Å². The summed E-state index contributed by atoms with van der Waals surface area (Å²) in [6.07, 6.45) is 9.61. The molecule has 0 aromatic rings. The Balaban J connectivity index is 2.09. The van der Waals surface area contributed by atoms with Crippen LogP contribution in [0.5, 0.6) is 0 Å². The summed E-state index contributed by atoms with van der Waals surface area (Å²) < 4.78 is 0. The fourth-order valence-corrected chi connectivity index (χ4v) is 2.25. The molecule has 0 radical (unpaired) electrons. The Kier molecular flexibility index (Phi) is 7.03. The van der Waals surface area contributed by atoms with Crippen LogP contribution in [0.25, 0.3) is 0 Å². The second kappa shape index (κ2) is 8.12. The molecule has 1 atom stereocenters. The lowest BCUT2D eigenvalue weighted by atomic mass is 10.00. The molecule has 1 N–H and O–H groups in total. The van der Waals surface area contributed by atoms with E-state index < -0.39 is 0 Å². The van der Waals surface area contributed by atoms with Crippen molar-refractivity contribution in [2.75, 3.05) is 19.6 Å². The molecule has 1 aliphatic rings. The number of piperidine rings is 1. The lowest BCUT2D eigenvalue weighted by molar-refractivity contribution is 0.140. The minimum Gasteiger partial charge on any atom is -0.255 e. The number of nitrogens with one attached hydrogen (secondary N) is 1. The molecule has 15 heavy (non-hydrogen) atoms. The van der Waals surface area contributed by atoms with E-state index in [-0.39, 0.29) is 0 Å². The Bertz CT molecular complexity index is 141. The van der Waals surface area contributed by atoms with Gasteiger partial charge in [0.2, 0.25) is 0 Å². The van der Waals surface area contributed by atoms with Crippen molar-refractivity contribution in [3.63, 3.8) is 0 Å². The normalized spacial score (nSPS) is 20.4. The van der Waals surface area contributed by atoms with Gasteiger partial charge in [0.25, 0.3) is 0 Å². The third-order valence-corrected chi connectivity index (χ3v) is 3.50. The highest BCUT2D eigenvalue weighted by molar-refractivity contribution is 4.64. The second-order valence-corrected chi connectivity index (χ2v) is 4.83. The van der Waals surface area contributed by atoms with Crippen molar-refractivity contribution in [1.82, 2.24) is 10.4 Å². The molecule has 1 unspecified atom stereocenters. The van der Waals surface area contributed by atoms with Crippen LogP contribution >= 0.6 is 0 Å². The molecule has 90 valence electrons. The Morgan fingerprint density at radius 1 is 1.13 bits per heavy atom. The molecule has 0 saturated carbocycles. The van der Waals surface area contributed by atoms with Gasteiger partial charge < -0.3 is 0 Å². The molecule has 0 aliphatic carbocycles. The first-order chi connectivity index (χ1) is 7.36. The van der Waals surface area contributed by atoms with Crippen LogP contribution in [0.1, 0.15) is 58.8 Å². The van der Waals surface area contributed by atoms with E-state index in [9.17, 15) is 0 Å². The summed E-state index contributed by atoms with van der Waals surface area (Å²) in [5, 5.41) is 2.43. The van der Waals surface area contributed by atoms with Crippen molar-refractivity contribution in [2.45, 2.75) is 58.8 Å². The Labute approximate surface area is 95.4 Å². The van der Waals surface area contributed by atoms with Crippen LogP contribution in [-0.2, 0) is 0 Å². The first kappa shape index (κ1) is 13.0. The number of rotatable bonds is 7. The van der Waals surface area contributed by atoms with Crippen LogP contribution < -0.4 is 5.43 Å². The lowest BCUT2D eigenvalue weighted by Crippen LogP contribution is -2.43. The Morgan fingerprint density at radius 3 is 2.47 bits per heavy atom. The van der Waals surface area contributed by atoms with Crippen molar-refractivity contribution >= 4 is 0 Å². The maximum absolute atomic E-state index is 3.61. The third kappa shape index (κ3) is 5.53. The SMILES string of the molecule is CCCCC(CC)CNN1CCCCC1. The van der Waals surface area contributed by atoms with Gasteiger partial charge in [0, 0.05) is 19.6 Å². The summed E-state index contributed by atoms with van der Waals surface area (Å²) in [4.78, 5) is 0. The summed E-state index contributed by atoms with van der Waals surface area (Å²) in [5.74, 6) is 0.881. The molecule has 1 rings (SSSR count). The molecule has 0 aromatic carbocycles. The van der Waals surface area contributed by atoms with Crippen LogP contribution in [0.15, 0.2) is 0 Å². The smallest absolute Gasteiger partial charge is 0.0131 e. The van der Waals surface area contributed by atoms with Crippen molar-refractivity contribution < 1.29 is 0 Å². The molecule has 2 heteroatoms. The highest BCUT2D eigenvalue weighted by atomic mass is 15.5. The summed E-state index contributed by atoms with van der Waals surface area (Å²) in [6.45, 7) is 8.30. The first-order valence-electron chi connectivity index (χ1n) is 6.85. The van der Waals surface area contributed by atoms with Crippen LogP contribution in [0, 0.1) is 5.92 Å². The molecule has 1 aliphatic heterocycles. The largest absolute Gasteiger partial charge is 0.255 e. The van der Waals surface area contributed by atoms with Gasteiger partial charge in [-0.1, -0.05) is 39.5 Å². The van der Waals surface area contributed by atoms with E-state index in [0.29, 0.717) is 0 Å². The van der Waals surface area contributed by atoms with Crippen LogP contribution in [0.3, 0.4) is 0 Å². The van der Waals surface area contributed by atoms with Gasteiger partial charge in [0.1, 0.15) is 0 Å². The van der Waals surface area contributed by atoms with Crippen molar-refractivity contribution in [3.8, 4) is 0 Å². The Morgan fingerprint density at radius 2 is 1.87 bits per heavy atom. The quantitative estimate of drug-likeness (QED) is 0.697. The molecule has 2 nitrogen and oxygen atoms in total. The summed E-state index contributed by atoms with van der Waals surface area (Å²) in [7, 11) is 0. The number of unbranched alkanes of at least 4 members (excludes halogenated alkanes) is 1. The van der Waals surface area contributed by atoms with E-state index >= 15 is 0 Å². The molecule has 0 bridgehead atoms. The van der Waals surface area contributed by atoms with Gasteiger partial charge in [-0.2, -0.15) is 0 Å². The van der Waals surface area contributed by atoms with Crippen LogP contribution in [-0.4, -0.2) is 24.6 Å². The predicted molar refractivity (Wildman–Crippen MR) is 66.7 cm³/mol. The molecule has 0 amide bonds. The molecule has 1 saturated heterocycles. The average molecular weight is 212 g/mol. The number of hydrazine groups is 1. The molecule has 0 aromatic heterocycles. The summed E-state index contributed by atoms with van der Waals surface area (Å²) >= 11 is 0. The molecule has 1 fully saturated rings. The van der Waals surface area contributed by atoms with Crippen molar-refractivity contribution in [3.05, 3.63) is 0 Å². The fraction of sp³-hybridized carbons (Fsp3) is 1.00. The summed E-state index contributed by atoms with van der Waals surface area (Å²) in [6, 6.07) is 0. The van der Waals surface area contributed by atoms with Gasteiger partial charge in [0.05, 0.1) is 0 Å². The Hall–Kier alpha value is -0.0800. The van der Waals surface area contributed by atoms with Crippen molar-refractivity contribution in [1.29, 1.82) is 0 Å². The number of nitrogens with zero attached hydrogens (tertiary/aromatic N) is 1. The molecular weight excluding hydrogens is 184 g/mol. The second-order valence-electron chi connectivity index (χ2n) is 4.83. The highest BCUT2D eigenvalue weighted by Gasteiger charge is 2.11. The van der Waals surface area contributed by atoms with Crippen molar-refractivity contribution in [2.24, 2.45) is 5.92 Å². The zero-order valence-corrected chi connectivity index (χ0v) is 10.6. The lowest BCUT2D eigenvalue weighted by Gasteiger charge is -2.29. The van der Waals surface area contributed by atoms with Gasteiger partial charge in [-0.3, -0.25) is 5.43 Å². The molecule has 0 spiro atoms. The minimum atomic E-state index is 0.881. The topological polar surface area (TPSA) is 15.3 Å². The van der Waals surface area contributed by atoms with Crippen LogP contribution in [0.4, 0.5) is 0 Å². The maximum atomic E-state index is 3.61. The van der Waals surface area contributed by atoms with E-state index in [0.717, 1.165) is 5.92 Å². The average Bonchev–Trinajstić information content (AvgIpc) is 2.31. The maximum Gasteiger partial charge on any atom is 0.0131 e. The predicted octanol–water partition coefficient (Wildman–Crippen LogP) is 3.19. The zero-order valence-electron chi connectivity index (χ0n) is 10.6. The van der Waals surface area contributed by atoms with E-state index in [1.54, 1.807) is 0 Å². The van der Waals surface area contributed by atoms with E-state index in [2.05, 4.69) is 24.3 Å². The highest BCUT2D eigenvalue weighted by Crippen LogP contribution is 2.12. The fourth-order valence-electron chi connectivity index (χ4n) is 2.25. The van der Waals surface area contributed by atoms with Gasteiger partial charge in [-0.15, -0.1) is 0 Å². The number of hydrogen-bond donors (Lipinski definition) is 1. The zero-order chi connectivity index (χ0) is 10.9. The molecule has 1 heterocycles. The minimum absolute atomic E-state index is 0.881. The third-order valence-electron chi connectivity index (χ3n) is 3.50. The molecular formula is C13H28N2. The van der Waals surface area contributed by atoms with Gasteiger partial charge >= 0.3 is 0 Å². The van der Waals surface area contributed by atoms with E-state index in [1.165, 1.54) is 64.6 Å². The first-order valence-corrected chi connectivity index (χ1v) is 6.85. The van der Waals surface area contributed by atoms with Gasteiger partial charge in [0.15, 0.2) is 0 Å². The standard InChI is InChI=1S/C13H28N2/c1-3-5-9-13(4-2)12-14-15-10-7-6-8-11-15/h13-14H,3-12H2,1-2H3. The van der Waals surface area contributed by atoms with Crippen LogP contribution in [0.2, 0.25) is 0 Å².